The molecule has 0 bridgehead atoms. The van der Waals surface area contributed by atoms with Crippen LogP contribution in [0.5, 0.6) is 0 Å². The Labute approximate surface area is 96.8 Å². The van der Waals surface area contributed by atoms with Gasteiger partial charge >= 0.3 is 0 Å². The van der Waals surface area contributed by atoms with Crippen molar-refractivity contribution in [3.63, 3.8) is 0 Å². The van der Waals surface area contributed by atoms with Crippen LogP contribution in [0.2, 0.25) is 0 Å². The number of nitrogens with one attached hydrogen (secondary N) is 2. The summed E-state index contributed by atoms with van der Waals surface area (Å²) in [5.41, 5.74) is 7.11. The number of hydrogen-bond acceptors (Lipinski definition) is 3. The molecule has 0 fully saturated rings. The van der Waals surface area contributed by atoms with E-state index in [4.69, 9.17) is 5.73 Å². The van der Waals surface area contributed by atoms with Gasteiger partial charge < -0.3 is 11.1 Å². The van der Waals surface area contributed by atoms with Gasteiger partial charge in [0.1, 0.15) is 11.5 Å². The third-order valence-corrected chi connectivity index (χ3v) is 2.34. The number of hydrogen-bond donors (Lipinski definition) is 3. The molecule has 88 valence electrons. The second kappa shape index (κ2) is 4.25. The fraction of sp³-hybridized carbons (Fsp3) is 0.0909. The Bertz CT molecular complexity index is 564. The minimum Gasteiger partial charge on any atom is -0.396 e. The number of rotatable bonds is 2. The summed E-state index contributed by atoms with van der Waals surface area (Å²) in [7, 11) is 0. The molecule has 2 aromatic rings. The molecule has 0 aliphatic rings. The number of halogens is 1. The molecule has 0 unspecified atom stereocenters. The van der Waals surface area contributed by atoms with Crippen LogP contribution >= 0.6 is 0 Å². The molecule has 2 rings (SSSR count). The summed E-state index contributed by atoms with van der Waals surface area (Å²) in [5, 5.41) is 8.68. The van der Waals surface area contributed by atoms with E-state index in [1.165, 1.54) is 18.3 Å². The molecule has 1 aromatic heterocycles. The van der Waals surface area contributed by atoms with Crippen molar-refractivity contribution in [2.45, 2.75) is 6.92 Å². The first kappa shape index (κ1) is 11.1. The average Bonchev–Trinajstić information content (AvgIpc) is 2.70. The smallest absolute Gasteiger partial charge is 0.275 e. The molecule has 17 heavy (non-hydrogen) atoms. The van der Waals surface area contributed by atoms with Gasteiger partial charge in [0.25, 0.3) is 5.91 Å². The number of carbonyl (C=O) groups is 1. The Kier molecular flexibility index (Phi) is 2.78. The van der Waals surface area contributed by atoms with Crippen LogP contribution < -0.4 is 11.1 Å². The summed E-state index contributed by atoms with van der Waals surface area (Å²) in [6.45, 7) is 1.77. The molecule has 0 aliphatic carbocycles. The molecular weight excluding hydrogens is 223 g/mol. The Hall–Kier alpha value is -2.37. The van der Waals surface area contributed by atoms with Gasteiger partial charge in [0.15, 0.2) is 0 Å². The third-order valence-electron chi connectivity index (χ3n) is 2.34. The standard InChI is InChI=1S/C11H11FN4O/c1-6-2-3-7(12)4-9(6)15-11(17)10-8(13)5-14-16-10/h2-5H,13H2,1H3,(H,14,16)(H,15,17). The fourth-order valence-electron chi connectivity index (χ4n) is 1.39. The van der Waals surface area contributed by atoms with E-state index < -0.39 is 11.7 Å². The first-order valence-corrected chi connectivity index (χ1v) is 4.94. The van der Waals surface area contributed by atoms with E-state index in [0.29, 0.717) is 5.69 Å². The molecular formula is C11H11FN4O. The number of H-pyrrole nitrogens is 1. The third kappa shape index (κ3) is 2.25. The van der Waals surface area contributed by atoms with Crippen LogP contribution in [0.25, 0.3) is 0 Å². The van der Waals surface area contributed by atoms with Crippen LogP contribution in [-0.2, 0) is 0 Å². The Morgan fingerprint density at radius 1 is 1.53 bits per heavy atom. The molecule has 5 nitrogen and oxygen atoms in total. The minimum absolute atomic E-state index is 0.161. The number of anilines is 2. The van der Waals surface area contributed by atoms with Gasteiger partial charge in [0.05, 0.1) is 11.9 Å². The normalized spacial score (nSPS) is 10.2. The summed E-state index contributed by atoms with van der Waals surface area (Å²) in [5.74, 6) is -0.864. The molecule has 1 heterocycles. The van der Waals surface area contributed by atoms with E-state index in [9.17, 15) is 9.18 Å². The lowest BCUT2D eigenvalue weighted by atomic mass is 10.2. The molecule has 0 spiro atoms. The van der Waals surface area contributed by atoms with Crippen LogP contribution in [0.1, 0.15) is 16.1 Å². The molecule has 1 amide bonds. The van der Waals surface area contributed by atoms with Gasteiger partial charge in [-0.2, -0.15) is 5.10 Å². The van der Waals surface area contributed by atoms with Gasteiger partial charge in [-0.1, -0.05) is 6.07 Å². The van der Waals surface area contributed by atoms with Gasteiger partial charge in [-0.3, -0.25) is 9.89 Å². The van der Waals surface area contributed by atoms with Crippen LogP contribution in [-0.4, -0.2) is 16.1 Å². The average molecular weight is 234 g/mol. The van der Waals surface area contributed by atoms with E-state index in [1.54, 1.807) is 13.0 Å². The van der Waals surface area contributed by atoms with Crippen molar-refractivity contribution >= 4 is 17.3 Å². The molecule has 6 heteroatoms. The van der Waals surface area contributed by atoms with Gasteiger partial charge in [0, 0.05) is 5.69 Å². The molecule has 0 saturated carbocycles. The lowest BCUT2D eigenvalue weighted by Gasteiger charge is -2.07. The topological polar surface area (TPSA) is 83.8 Å². The van der Waals surface area contributed by atoms with E-state index in [2.05, 4.69) is 15.5 Å². The van der Waals surface area contributed by atoms with E-state index >= 15 is 0 Å². The van der Waals surface area contributed by atoms with Crippen molar-refractivity contribution in [1.82, 2.24) is 10.2 Å². The largest absolute Gasteiger partial charge is 0.396 e. The van der Waals surface area contributed by atoms with Crippen molar-refractivity contribution in [3.8, 4) is 0 Å². The van der Waals surface area contributed by atoms with E-state index in [1.807, 2.05) is 0 Å². The second-order valence-corrected chi connectivity index (χ2v) is 3.61. The molecule has 0 aliphatic heterocycles. The van der Waals surface area contributed by atoms with Crippen LogP contribution in [0, 0.1) is 12.7 Å². The molecule has 1 aromatic carbocycles. The van der Waals surface area contributed by atoms with Gasteiger partial charge in [-0.05, 0) is 24.6 Å². The van der Waals surface area contributed by atoms with E-state index in [-0.39, 0.29) is 11.4 Å². The number of aromatic nitrogens is 2. The second-order valence-electron chi connectivity index (χ2n) is 3.61. The monoisotopic (exact) mass is 234 g/mol. The maximum absolute atomic E-state index is 13.0. The zero-order valence-corrected chi connectivity index (χ0v) is 9.12. The van der Waals surface area contributed by atoms with E-state index in [0.717, 1.165) is 5.56 Å². The minimum atomic E-state index is -0.450. The van der Waals surface area contributed by atoms with Gasteiger partial charge in [-0.15, -0.1) is 0 Å². The number of benzene rings is 1. The van der Waals surface area contributed by atoms with Crippen molar-refractivity contribution in [2.24, 2.45) is 0 Å². The molecule has 0 atom stereocenters. The number of carbonyl (C=O) groups excluding carboxylic acids is 1. The summed E-state index contributed by atoms with van der Waals surface area (Å²) in [4.78, 5) is 11.8. The highest BCUT2D eigenvalue weighted by molar-refractivity contribution is 6.06. The molecule has 0 saturated heterocycles. The number of nitrogen functional groups attached to an aromatic ring is 1. The summed E-state index contributed by atoms with van der Waals surface area (Å²) in [6.07, 6.45) is 1.34. The van der Waals surface area contributed by atoms with Crippen molar-refractivity contribution in [3.05, 3.63) is 41.5 Å². The summed E-state index contributed by atoms with van der Waals surface area (Å²) in [6, 6.07) is 4.16. The fourth-order valence-corrected chi connectivity index (χ4v) is 1.39. The van der Waals surface area contributed by atoms with Crippen LogP contribution in [0.15, 0.2) is 24.4 Å². The molecule has 0 radical (unpaired) electrons. The Balaban J connectivity index is 2.24. The number of aryl methyl sites for hydroxylation is 1. The molecule has 4 N–H and O–H groups in total. The SMILES string of the molecule is Cc1ccc(F)cc1NC(=O)c1[nH]ncc1N. The number of amides is 1. The first-order chi connectivity index (χ1) is 8.08. The van der Waals surface area contributed by atoms with Crippen molar-refractivity contribution in [2.75, 3.05) is 11.1 Å². The quantitative estimate of drug-likeness (QED) is 0.739. The van der Waals surface area contributed by atoms with Crippen LogP contribution in [0.4, 0.5) is 15.8 Å². The summed E-state index contributed by atoms with van der Waals surface area (Å²) < 4.78 is 13.0. The lowest BCUT2D eigenvalue weighted by molar-refractivity contribution is 0.102. The number of nitrogens with zero attached hydrogens (tertiary/aromatic N) is 1. The highest BCUT2D eigenvalue weighted by Gasteiger charge is 2.13. The van der Waals surface area contributed by atoms with Gasteiger partial charge in [-0.25, -0.2) is 4.39 Å². The maximum atomic E-state index is 13.0. The predicted octanol–water partition coefficient (Wildman–Crippen LogP) is 1.69. The summed E-state index contributed by atoms with van der Waals surface area (Å²) >= 11 is 0. The van der Waals surface area contributed by atoms with Gasteiger partial charge in [0.2, 0.25) is 0 Å². The van der Waals surface area contributed by atoms with Crippen molar-refractivity contribution < 1.29 is 9.18 Å². The predicted molar refractivity (Wildman–Crippen MR) is 62.1 cm³/mol. The Morgan fingerprint density at radius 2 is 2.29 bits per heavy atom. The first-order valence-electron chi connectivity index (χ1n) is 4.94. The Morgan fingerprint density at radius 3 is 2.94 bits per heavy atom. The highest BCUT2D eigenvalue weighted by atomic mass is 19.1. The maximum Gasteiger partial charge on any atom is 0.275 e. The zero-order valence-electron chi connectivity index (χ0n) is 9.12. The highest BCUT2D eigenvalue weighted by Crippen LogP contribution is 2.17. The van der Waals surface area contributed by atoms with Crippen LogP contribution in [0.3, 0.4) is 0 Å². The lowest BCUT2D eigenvalue weighted by Crippen LogP contribution is -2.15. The number of nitrogens with two attached hydrogens (primary N) is 1. The zero-order chi connectivity index (χ0) is 12.4. The van der Waals surface area contributed by atoms with Crippen molar-refractivity contribution in [1.29, 1.82) is 0 Å². The number of aromatic amines is 1.